The molecule has 0 heterocycles. The Bertz CT molecular complexity index is 10.8. The molecule has 0 aromatic heterocycles. The second kappa shape index (κ2) is 111. The molecule has 0 saturated carbocycles. The van der Waals surface area contributed by atoms with E-state index >= 15 is 0 Å². The van der Waals surface area contributed by atoms with E-state index in [0.717, 1.165) is 0 Å². The standard InChI is InChI=1S/Co.Mn.Ni.3O/q;2*+2;;2*-2. The SMILES string of the molecule is [Mn+2].[Ni+2].[O-2].[O-2].[O]=[Co]. The molecule has 0 aromatic carbocycles. The molecule has 6 heteroatoms. The normalized spacial score (nSPS) is 0.833. The van der Waals surface area contributed by atoms with Gasteiger partial charge in [-0.2, -0.15) is 0 Å². The van der Waals surface area contributed by atoms with Gasteiger partial charge in [-0.3, -0.25) is 0 Å². The predicted molar refractivity (Wildman–Crippen MR) is 2.06 cm³/mol. The Hall–Kier alpha value is 1.24. The summed E-state index contributed by atoms with van der Waals surface area (Å²) < 4.78 is 7.94. The van der Waals surface area contributed by atoms with Crippen molar-refractivity contribution in [1.29, 1.82) is 0 Å². The third-order valence-corrected chi connectivity index (χ3v) is 0. The van der Waals surface area contributed by atoms with Crippen molar-refractivity contribution in [3.8, 4) is 0 Å². The topological polar surface area (TPSA) is 74.1 Å². The van der Waals surface area contributed by atoms with Crippen LogP contribution >= 0.6 is 0 Å². The van der Waals surface area contributed by atoms with Crippen LogP contribution in [-0.4, -0.2) is 0 Å². The maximum absolute atomic E-state index is 7.94. The molecule has 0 aliphatic rings. The molecule has 0 aromatic rings. The van der Waals surface area contributed by atoms with E-state index in [2.05, 4.69) is 15.7 Å². The molecule has 0 rings (SSSR count). The van der Waals surface area contributed by atoms with E-state index in [0.29, 0.717) is 0 Å². The molecule has 0 N–H and O–H groups in total. The second-order valence-electron chi connectivity index (χ2n) is 0. The van der Waals surface area contributed by atoms with Gasteiger partial charge >= 0.3 is 53.1 Å². The van der Waals surface area contributed by atoms with Crippen molar-refractivity contribution in [2.24, 2.45) is 0 Å². The van der Waals surface area contributed by atoms with Crippen molar-refractivity contribution in [2.45, 2.75) is 0 Å². The van der Waals surface area contributed by atoms with Crippen LogP contribution < -0.4 is 0 Å². The fourth-order valence-corrected chi connectivity index (χ4v) is 0. The first kappa shape index (κ1) is 56.2. The average Bonchev–Trinajstić information content (AvgIpc) is 1.00. The number of hydrogen-bond donors (Lipinski definition) is 0. The van der Waals surface area contributed by atoms with E-state index in [1.807, 2.05) is 0 Å². The van der Waals surface area contributed by atoms with Crippen LogP contribution in [0.4, 0.5) is 0 Å². The van der Waals surface area contributed by atoms with E-state index < -0.39 is 0 Å². The monoisotopic (exact) mass is 220 g/mol. The van der Waals surface area contributed by atoms with Gasteiger partial charge in [0.1, 0.15) is 0 Å². The fourth-order valence-electron chi connectivity index (χ4n) is 0. The molecule has 0 amide bonds. The van der Waals surface area contributed by atoms with Crippen LogP contribution in [0.15, 0.2) is 0 Å². The first-order chi connectivity index (χ1) is 1.00. The summed E-state index contributed by atoms with van der Waals surface area (Å²) in [5.74, 6) is 0. The van der Waals surface area contributed by atoms with Crippen LogP contribution in [0.25, 0.3) is 0 Å². The van der Waals surface area contributed by atoms with Crippen molar-refractivity contribution in [2.75, 3.05) is 0 Å². The van der Waals surface area contributed by atoms with Gasteiger partial charge in [-0.05, 0) is 0 Å². The van der Waals surface area contributed by atoms with E-state index in [1.165, 1.54) is 0 Å². The van der Waals surface area contributed by atoms with E-state index in [4.69, 9.17) is 3.87 Å². The Labute approximate surface area is 64.1 Å². The Morgan fingerprint density at radius 2 is 1.00 bits per heavy atom. The van der Waals surface area contributed by atoms with Gasteiger partial charge in [0.05, 0.1) is 0 Å². The third kappa shape index (κ3) is 61.3. The molecule has 44 valence electrons. The minimum absolute atomic E-state index is 0. The maximum atomic E-state index is 7.94. The van der Waals surface area contributed by atoms with Crippen LogP contribution in [0.5, 0.6) is 0 Å². The molecule has 0 fully saturated rings. The minimum atomic E-state index is 0. The van der Waals surface area contributed by atoms with Crippen LogP contribution in [0.3, 0.4) is 0 Å². The van der Waals surface area contributed by atoms with E-state index in [9.17, 15) is 0 Å². The molecule has 1 radical (unpaired) electrons. The molecule has 0 aliphatic heterocycles. The molecule has 0 bridgehead atoms. The van der Waals surface area contributed by atoms with E-state index in [1.54, 1.807) is 0 Å². The molecule has 0 spiro atoms. The zero-order chi connectivity index (χ0) is 2.00. The van der Waals surface area contributed by atoms with Crippen molar-refractivity contribution in [3.05, 3.63) is 0 Å². The average molecular weight is 221 g/mol. The van der Waals surface area contributed by atoms with Gasteiger partial charge in [0.15, 0.2) is 0 Å². The fraction of sp³-hybridized carbons (Fsp3) is 0. The van der Waals surface area contributed by atoms with Crippen LogP contribution in [-0.2, 0) is 64.0 Å². The Morgan fingerprint density at radius 1 is 1.00 bits per heavy atom. The van der Waals surface area contributed by atoms with Crippen LogP contribution in [0, 0.1) is 0 Å². The number of rotatable bonds is 0. The Balaban J connectivity index is -0.000000000833. The summed E-state index contributed by atoms with van der Waals surface area (Å²) >= 11 is 2.31. The second-order valence-corrected chi connectivity index (χ2v) is 0. The van der Waals surface area contributed by atoms with Crippen molar-refractivity contribution >= 4 is 0 Å². The number of hydrogen-bond acceptors (Lipinski definition) is 1. The Kier molecular flexibility index (Phi) is 1040. The summed E-state index contributed by atoms with van der Waals surface area (Å²) in [6.07, 6.45) is 0. The molecular weight excluding hydrogens is 221 g/mol. The van der Waals surface area contributed by atoms with Crippen molar-refractivity contribution < 1.29 is 64.0 Å². The summed E-state index contributed by atoms with van der Waals surface area (Å²) in [5, 5.41) is 0. The van der Waals surface area contributed by atoms with E-state index in [-0.39, 0.29) is 44.5 Å². The molecule has 3 nitrogen and oxygen atoms in total. The quantitative estimate of drug-likeness (QED) is 0.514. The summed E-state index contributed by atoms with van der Waals surface area (Å²) in [6.45, 7) is 0. The van der Waals surface area contributed by atoms with Gasteiger partial charge in [-0.1, -0.05) is 0 Å². The zero-order valence-electron chi connectivity index (χ0n) is 2.25. The molecule has 6 heavy (non-hydrogen) atoms. The Morgan fingerprint density at radius 3 is 1.00 bits per heavy atom. The van der Waals surface area contributed by atoms with Gasteiger partial charge in [0.25, 0.3) is 0 Å². The summed E-state index contributed by atoms with van der Waals surface area (Å²) in [6, 6.07) is 0. The molecular formula is CoMnNiO3. The van der Waals surface area contributed by atoms with Gasteiger partial charge in [0.2, 0.25) is 0 Å². The molecule has 0 aliphatic carbocycles. The van der Waals surface area contributed by atoms with Gasteiger partial charge in [-0.15, -0.1) is 0 Å². The van der Waals surface area contributed by atoms with Crippen molar-refractivity contribution in [3.63, 3.8) is 0 Å². The third-order valence-electron chi connectivity index (χ3n) is 0. The summed E-state index contributed by atoms with van der Waals surface area (Å²) in [4.78, 5) is 0. The summed E-state index contributed by atoms with van der Waals surface area (Å²) in [7, 11) is 0. The molecule has 0 saturated heterocycles. The molecule has 0 atom stereocenters. The van der Waals surface area contributed by atoms with Crippen molar-refractivity contribution in [1.82, 2.24) is 0 Å². The van der Waals surface area contributed by atoms with Crippen LogP contribution in [0.2, 0.25) is 0 Å². The van der Waals surface area contributed by atoms with Gasteiger partial charge in [0, 0.05) is 0 Å². The van der Waals surface area contributed by atoms with Gasteiger partial charge in [-0.25, -0.2) is 0 Å². The molecule has 0 unspecified atom stereocenters. The first-order valence-electron chi connectivity index (χ1n) is 0.136. The summed E-state index contributed by atoms with van der Waals surface area (Å²) in [5.41, 5.74) is 0. The zero-order valence-corrected chi connectivity index (χ0v) is 5.46. The predicted octanol–water partition coefficient (Wildman–Crippen LogP) is -0.364. The first-order valence-corrected chi connectivity index (χ1v) is 0.561. The van der Waals surface area contributed by atoms with Gasteiger partial charge < -0.3 is 11.0 Å². The van der Waals surface area contributed by atoms with Crippen LogP contribution in [0.1, 0.15) is 0 Å².